The number of carbonyl (C=O) groups excluding carboxylic acids is 1. The number of urea groups is 1. The molecule has 0 aromatic heterocycles. The lowest BCUT2D eigenvalue weighted by molar-refractivity contribution is 0.166. The van der Waals surface area contributed by atoms with Gasteiger partial charge in [-0.05, 0) is 25.2 Å². The van der Waals surface area contributed by atoms with E-state index in [-0.39, 0.29) is 6.03 Å². The normalized spacial score (nSPS) is 16.5. The zero-order valence-corrected chi connectivity index (χ0v) is 11.7. The summed E-state index contributed by atoms with van der Waals surface area (Å²) in [7, 11) is 0. The van der Waals surface area contributed by atoms with Crippen LogP contribution in [0.5, 0.6) is 0 Å². The van der Waals surface area contributed by atoms with Crippen LogP contribution in [0.1, 0.15) is 59.3 Å². The number of nitrogens with one attached hydrogen (secondary N) is 1. The Morgan fingerprint density at radius 2 is 2.00 bits per heavy atom. The minimum Gasteiger partial charge on any atom is -0.338 e. The fraction of sp³-hybridized carbons (Fsp3) is 0.929. The van der Waals surface area contributed by atoms with Gasteiger partial charge >= 0.3 is 6.03 Å². The van der Waals surface area contributed by atoms with Crippen molar-refractivity contribution in [3.63, 3.8) is 0 Å². The molecule has 0 atom stereocenters. The molecule has 0 heterocycles. The van der Waals surface area contributed by atoms with Gasteiger partial charge in [0.15, 0.2) is 0 Å². The molecule has 1 aliphatic rings. The Balaban J connectivity index is 2.45. The Labute approximate surface area is 106 Å². The molecular formula is C14H28N2O. The molecule has 1 saturated carbocycles. The van der Waals surface area contributed by atoms with Crippen molar-refractivity contribution in [3.05, 3.63) is 0 Å². The van der Waals surface area contributed by atoms with Crippen LogP contribution in [0.25, 0.3) is 0 Å². The molecule has 3 heteroatoms. The Hall–Kier alpha value is -0.730. The van der Waals surface area contributed by atoms with Gasteiger partial charge in [0.2, 0.25) is 0 Å². The molecule has 1 N–H and O–H groups in total. The fourth-order valence-electron chi connectivity index (χ4n) is 2.48. The smallest absolute Gasteiger partial charge is 0.317 e. The first kappa shape index (κ1) is 14.3. The van der Waals surface area contributed by atoms with Gasteiger partial charge in [-0.3, -0.25) is 0 Å². The Morgan fingerprint density at radius 1 is 1.35 bits per heavy atom. The van der Waals surface area contributed by atoms with Crippen LogP contribution in [0.3, 0.4) is 0 Å². The fourth-order valence-corrected chi connectivity index (χ4v) is 2.48. The minimum absolute atomic E-state index is 0.152. The zero-order chi connectivity index (χ0) is 12.7. The highest BCUT2D eigenvalue weighted by Gasteiger charge is 2.26. The molecule has 3 nitrogen and oxygen atoms in total. The van der Waals surface area contributed by atoms with Gasteiger partial charge in [0.1, 0.15) is 0 Å². The topological polar surface area (TPSA) is 32.3 Å². The van der Waals surface area contributed by atoms with Crippen molar-refractivity contribution in [2.24, 2.45) is 5.92 Å². The molecule has 0 aromatic carbocycles. The summed E-state index contributed by atoms with van der Waals surface area (Å²) in [6.07, 6.45) is 7.14. The van der Waals surface area contributed by atoms with Crippen LogP contribution in [0.15, 0.2) is 0 Å². The van der Waals surface area contributed by atoms with Gasteiger partial charge in [0.25, 0.3) is 0 Å². The van der Waals surface area contributed by atoms with Crippen LogP contribution >= 0.6 is 0 Å². The van der Waals surface area contributed by atoms with Crippen LogP contribution in [0.4, 0.5) is 4.79 Å². The molecule has 1 aliphatic carbocycles. The number of hydrogen-bond acceptors (Lipinski definition) is 1. The van der Waals surface area contributed by atoms with Crippen molar-refractivity contribution < 1.29 is 4.79 Å². The Bertz CT molecular complexity index is 222. The highest BCUT2D eigenvalue weighted by Crippen LogP contribution is 2.24. The third-order valence-corrected chi connectivity index (χ3v) is 3.39. The van der Waals surface area contributed by atoms with E-state index in [4.69, 9.17) is 0 Å². The van der Waals surface area contributed by atoms with Gasteiger partial charge in [0, 0.05) is 19.1 Å². The van der Waals surface area contributed by atoms with E-state index in [1.54, 1.807) is 0 Å². The first-order valence-electron chi connectivity index (χ1n) is 7.19. The molecule has 0 aromatic rings. The van der Waals surface area contributed by atoms with E-state index in [0.717, 1.165) is 25.9 Å². The SMILES string of the molecule is CCCCNC(=O)N(CC(C)C)C1CCCC1. The van der Waals surface area contributed by atoms with Gasteiger partial charge in [-0.15, -0.1) is 0 Å². The maximum atomic E-state index is 12.2. The number of hydrogen-bond donors (Lipinski definition) is 1. The van der Waals surface area contributed by atoms with Crippen LogP contribution in [0, 0.1) is 5.92 Å². The van der Waals surface area contributed by atoms with Gasteiger partial charge in [0.05, 0.1) is 0 Å². The van der Waals surface area contributed by atoms with Gasteiger partial charge in [-0.1, -0.05) is 40.0 Å². The summed E-state index contributed by atoms with van der Waals surface area (Å²) in [4.78, 5) is 14.2. The summed E-state index contributed by atoms with van der Waals surface area (Å²) in [5.74, 6) is 0.549. The maximum absolute atomic E-state index is 12.2. The average Bonchev–Trinajstić information content (AvgIpc) is 2.79. The molecular weight excluding hydrogens is 212 g/mol. The first-order chi connectivity index (χ1) is 8.15. The first-order valence-corrected chi connectivity index (χ1v) is 7.19. The second kappa shape index (κ2) is 7.57. The third-order valence-electron chi connectivity index (χ3n) is 3.39. The number of carbonyl (C=O) groups is 1. The molecule has 0 unspecified atom stereocenters. The predicted octanol–water partition coefficient (Wildman–Crippen LogP) is 3.40. The van der Waals surface area contributed by atoms with E-state index in [1.165, 1.54) is 25.7 Å². The summed E-state index contributed by atoms with van der Waals surface area (Å²) in [5.41, 5.74) is 0. The zero-order valence-electron chi connectivity index (χ0n) is 11.7. The largest absolute Gasteiger partial charge is 0.338 e. The van der Waals surface area contributed by atoms with E-state index in [0.29, 0.717) is 12.0 Å². The van der Waals surface area contributed by atoms with Gasteiger partial charge in [-0.2, -0.15) is 0 Å². The number of nitrogens with zero attached hydrogens (tertiary/aromatic N) is 1. The van der Waals surface area contributed by atoms with Gasteiger partial charge in [-0.25, -0.2) is 4.79 Å². The van der Waals surface area contributed by atoms with E-state index < -0.39 is 0 Å². The maximum Gasteiger partial charge on any atom is 0.317 e. The minimum atomic E-state index is 0.152. The molecule has 100 valence electrons. The molecule has 0 radical (unpaired) electrons. The highest BCUT2D eigenvalue weighted by atomic mass is 16.2. The number of unbranched alkanes of at least 4 members (excludes halogenated alkanes) is 1. The summed E-state index contributed by atoms with van der Waals surface area (Å²) in [6, 6.07) is 0.637. The van der Waals surface area contributed by atoms with Crippen molar-refractivity contribution in [1.82, 2.24) is 10.2 Å². The summed E-state index contributed by atoms with van der Waals surface area (Å²) in [6.45, 7) is 8.22. The van der Waals surface area contributed by atoms with Crippen LogP contribution in [-0.2, 0) is 0 Å². The predicted molar refractivity (Wildman–Crippen MR) is 72.1 cm³/mol. The highest BCUT2D eigenvalue weighted by molar-refractivity contribution is 5.74. The quantitative estimate of drug-likeness (QED) is 0.709. The molecule has 0 spiro atoms. The van der Waals surface area contributed by atoms with Crippen molar-refractivity contribution in [3.8, 4) is 0 Å². The molecule has 1 rings (SSSR count). The van der Waals surface area contributed by atoms with Crippen molar-refractivity contribution in [2.45, 2.75) is 65.3 Å². The van der Waals surface area contributed by atoms with Crippen molar-refractivity contribution in [2.75, 3.05) is 13.1 Å². The van der Waals surface area contributed by atoms with E-state index in [1.807, 2.05) is 0 Å². The average molecular weight is 240 g/mol. The lowest BCUT2D eigenvalue weighted by atomic mass is 10.1. The second-order valence-corrected chi connectivity index (χ2v) is 5.57. The van der Waals surface area contributed by atoms with E-state index >= 15 is 0 Å². The Kier molecular flexibility index (Phi) is 6.38. The summed E-state index contributed by atoms with van der Waals surface area (Å²) < 4.78 is 0. The van der Waals surface area contributed by atoms with Crippen molar-refractivity contribution in [1.29, 1.82) is 0 Å². The van der Waals surface area contributed by atoms with Crippen LogP contribution < -0.4 is 5.32 Å². The second-order valence-electron chi connectivity index (χ2n) is 5.57. The molecule has 0 bridgehead atoms. The van der Waals surface area contributed by atoms with E-state index in [2.05, 4.69) is 31.0 Å². The third kappa shape index (κ3) is 4.97. The van der Waals surface area contributed by atoms with Gasteiger partial charge < -0.3 is 10.2 Å². The standard InChI is InChI=1S/C14H28N2O/c1-4-5-10-15-14(17)16(11-12(2)3)13-8-6-7-9-13/h12-13H,4-11H2,1-3H3,(H,15,17). The summed E-state index contributed by atoms with van der Waals surface area (Å²) in [5, 5.41) is 3.05. The lowest BCUT2D eigenvalue weighted by Crippen LogP contribution is -2.47. The molecule has 0 aliphatic heterocycles. The number of amides is 2. The van der Waals surface area contributed by atoms with Crippen LogP contribution in [0.2, 0.25) is 0 Å². The Morgan fingerprint density at radius 3 is 2.53 bits per heavy atom. The number of rotatable bonds is 6. The molecule has 17 heavy (non-hydrogen) atoms. The molecule has 0 saturated heterocycles. The van der Waals surface area contributed by atoms with Crippen LogP contribution in [-0.4, -0.2) is 30.1 Å². The summed E-state index contributed by atoms with van der Waals surface area (Å²) >= 11 is 0. The monoisotopic (exact) mass is 240 g/mol. The lowest BCUT2D eigenvalue weighted by Gasteiger charge is -2.30. The molecule has 2 amide bonds. The van der Waals surface area contributed by atoms with E-state index in [9.17, 15) is 4.79 Å². The van der Waals surface area contributed by atoms with Crippen molar-refractivity contribution >= 4 is 6.03 Å². The molecule has 1 fully saturated rings.